The van der Waals surface area contributed by atoms with Crippen molar-refractivity contribution >= 4 is 37.5 Å². The van der Waals surface area contributed by atoms with E-state index < -0.39 is 10.0 Å². The Hall–Kier alpha value is -1.67. The fraction of sp³-hybridized carbons (Fsp3) is 0.231. The average Bonchev–Trinajstić information content (AvgIpc) is 2.40. The predicted molar refractivity (Wildman–Crippen MR) is 85.9 cm³/mol. The Morgan fingerprint density at radius 1 is 1.24 bits per heavy atom. The van der Waals surface area contributed by atoms with Crippen LogP contribution in [0.2, 0.25) is 0 Å². The van der Waals surface area contributed by atoms with Crippen LogP contribution in [0.5, 0.6) is 0 Å². The second kappa shape index (κ2) is 6.40. The lowest BCUT2D eigenvalue weighted by Gasteiger charge is -2.12. The first-order valence-corrected chi connectivity index (χ1v) is 8.54. The molecule has 21 heavy (non-hydrogen) atoms. The van der Waals surface area contributed by atoms with Gasteiger partial charge in [0.05, 0.1) is 11.9 Å². The zero-order valence-corrected chi connectivity index (χ0v) is 14.0. The summed E-state index contributed by atoms with van der Waals surface area (Å²) < 4.78 is 28.1. The molecule has 0 saturated heterocycles. The van der Waals surface area contributed by atoms with E-state index in [4.69, 9.17) is 0 Å². The first kappa shape index (κ1) is 15.7. The molecule has 0 radical (unpaired) electrons. The number of pyridine rings is 2. The van der Waals surface area contributed by atoms with Crippen molar-refractivity contribution in [2.75, 3.05) is 16.6 Å². The molecule has 2 heterocycles. The molecule has 0 fully saturated rings. The van der Waals surface area contributed by atoms with Gasteiger partial charge in [0.15, 0.2) is 0 Å². The van der Waals surface area contributed by atoms with Crippen molar-refractivity contribution in [3.63, 3.8) is 0 Å². The number of anilines is 2. The van der Waals surface area contributed by atoms with Gasteiger partial charge in [-0.2, -0.15) is 0 Å². The first-order chi connectivity index (χ1) is 9.92. The maximum absolute atomic E-state index is 12.5. The third kappa shape index (κ3) is 3.92. The Labute approximate surface area is 132 Å². The van der Waals surface area contributed by atoms with Gasteiger partial charge < -0.3 is 5.32 Å². The molecule has 0 aliphatic carbocycles. The average molecular weight is 371 g/mol. The van der Waals surface area contributed by atoms with Gasteiger partial charge in [-0.1, -0.05) is 0 Å². The van der Waals surface area contributed by atoms with Crippen molar-refractivity contribution in [2.24, 2.45) is 0 Å². The summed E-state index contributed by atoms with van der Waals surface area (Å²) in [4.78, 5) is 8.16. The monoisotopic (exact) mass is 370 g/mol. The van der Waals surface area contributed by atoms with Crippen LogP contribution in [0.25, 0.3) is 0 Å². The lowest BCUT2D eigenvalue weighted by molar-refractivity contribution is 0.601. The maximum atomic E-state index is 12.5. The summed E-state index contributed by atoms with van der Waals surface area (Å²) in [5.41, 5.74) is 1.28. The molecule has 0 amide bonds. The van der Waals surface area contributed by atoms with E-state index in [0.717, 1.165) is 5.56 Å². The molecule has 0 aromatic carbocycles. The minimum Gasteiger partial charge on any atom is -0.369 e. The minimum absolute atomic E-state index is 0.0835. The summed E-state index contributed by atoms with van der Waals surface area (Å²) in [6, 6.07) is 3.22. The van der Waals surface area contributed by atoms with E-state index in [1.54, 1.807) is 18.5 Å². The molecule has 112 valence electrons. The molecule has 0 bridgehead atoms. The van der Waals surface area contributed by atoms with Crippen LogP contribution in [-0.4, -0.2) is 24.9 Å². The Kier molecular flexibility index (Phi) is 4.79. The van der Waals surface area contributed by atoms with Crippen molar-refractivity contribution < 1.29 is 8.42 Å². The summed E-state index contributed by atoms with van der Waals surface area (Å²) in [5.74, 6) is 0.314. The van der Waals surface area contributed by atoms with Gasteiger partial charge in [-0.3, -0.25) is 9.71 Å². The second-order valence-corrected chi connectivity index (χ2v) is 6.95. The fourth-order valence-electron chi connectivity index (χ4n) is 1.75. The van der Waals surface area contributed by atoms with E-state index >= 15 is 0 Å². The van der Waals surface area contributed by atoms with Crippen molar-refractivity contribution in [1.82, 2.24) is 9.97 Å². The summed E-state index contributed by atoms with van der Waals surface area (Å²) in [5, 5.41) is 2.94. The Balaban J connectivity index is 2.41. The summed E-state index contributed by atoms with van der Waals surface area (Å²) in [6.45, 7) is 4.29. The van der Waals surface area contributed by atoms with Gasteiger partial charge in [-0.05, 0) is 47.5 Å². The molecule has 8 heteroatoms. The van der Waals surface area contributed by atoms with Crippen LogP contribution in [0.3, 0.4) is 0 Å². The highest BCUT2D eigenvalue weighted by atomic mass is 79.9. The van der Waals surface area contributed by atoms with Gasteiger partial charge >= 0.3 is 0 Å². The Morgan fingerprint density at radius 2 is 2.00 bits per heavy atom. The highest BCUT2D eigenvalue weighted by molar-refractivity contribution is 9.10. The maximum Gasteiger partial charge on any atom is 0.265 e. The number of hydrogen-bond donors (Lipinski definition) is 2. The molecule has 0 saturated carbocycles. The number of aryl methyl sites for hydroxylation is 1. The van der Waals surface area contributed by atoms with Gasteiger partial charge in [-0.25, -0.2) is 13.4 Å². The number of aromatic nitrogens is 2. The van der Waals surface area contributed by atoms with Crippen LogP contribution in [0, 0.1) is 6.92 Å². The molecule has 2 aromatic rings. The normalized spacial score (nSPS) is 11.2. The molecular weight excluding hydrogens is 356 g/mol. The van der Waals surface area contributed by atoms with E-state index in [-0.39, 0.29) is 4.90 Å². The second-order valence-electron chi connectivity index (χ2n) is 4.39. The lowest BCUT2D eigenvalue weighted by atomic mass is 10.3. The van der Waals surface area contributed by atoms with E-state index in [9.17, 15) is 8.42 Å². The number of sulfonamides is 1. The fourth-order valence-corrected chi connectivity index (χ4v) is 3.42. The van der Waals surface area contributed by atoms with E-state index in [1.165, 1.54) is 12.3 Å². The van der Waals surface area contributed by atoms with Crippen LogP contribution in [0.15, 0.2) is 40.1 Å². The number of rotatable bonds is 5. The smallest absolute Gasteiger partial charge is 0.265 e. The predicted octanol–water partition coefficient (Wildman–Crippen LogP) is 2.78. The molecule has 2 aromatic heterocycles. The molecular formula is C13H15BrN4O2S. The molecule has 2 N–H and O–H groups in total. The molecule has 6 nitrogen and oxygen atoms in total. The number of hydrogen-bond acceptors (Lipinski definition) is 5. The summed E-state index contributed by atoms with van der Waals surface area (Å²) >= 11 is 3.24. The van der Waals surface area contributed by atoms with Crippen molar-refractivity contribution in [3.8, 4) is 0 Å². The number of nitrogens with zero attached hydrogens (tertiary/aromatic N) is 2. The standard InChI is InChI=1S/C13H15BrN4O2S/c1-3-16-13-12(5-10(14)7-17-13)21(19,20)18-11-4-9(2)6-15-8-11/h4-8,18H,3H2,1-2H3,(H,16,17). The van der Waals surface area contributed by atoms with Crippen molar-refractivity contribution in [2.45, 2.75) is 18.7 Å². The van der Waals surface area contributed by atoms with Gasteiger partial charge in [0.25, 0.3) is 10.0 Å². The zero-order valence-electron chi connectivity index (χ0n) is 11.6. The highest BCUT2D eigenvalue weighted by Gasteiger charge is 2.20. The third-order valence-electron chi connectivity index (χ3n) is 2.58. The molecule has 0 aliphatic rings. The summed E-state index contributed by atoms with van der Waals surface area (Å²) in [6.07, 6.45) is 4.66. The van der Waals surface area contributed by atoms with Crippen LogP contribution in [0.1, 0.15) is 12.5 Å². The van der Waals surface area contributed by atoms with E-state index in [1.807, 2.05) is 13.8 Å². The quantitative estimate of drug-likeness (QED) is 0.845. The number of nitrogens with one attached hydrogen (secondary N) is 2. The molecule has 0 spiro atoms. The number of halogens is 1. The van der Waals surface area contributed by atoms with E-state index in [2.05, 4.69) is 35.9 Å². The lowest BCUT2D eigenvalue weighted by Crippen LogP contribution is -2.16. The van der Waals surface area contributed by atoms with Gasteiger partial charge in [0.2, 0.25) is 0 Å². The molecule has 2 rings (SSSR count). The molecule has 0 aliphatic heterocycles. The SMILES string of the molecule is CCNc1ncc(Br)cc1S(=O)(=O)Nc1cncc(C)c1. The van der Waals surface area contributed by atoms with Crippen LogP contribution < -0.4 is 10.0 Å². The minimum atomic E-state index is -3.75. The Morgan fingerprint density at radius 3 is 2.67 bits per heavy atom. The van der Waals surface area contributed by atoms with Gasteiger partial charge in [-0.15, -0.1) is 0 Å². The molecule has 0 atom stereocenters. The van der Waals surface area contributed by atoms with Crippen molar-refractivity contribution in [1.29, 1.82) is 0 Å². The summed E-state index contributed by atoms with van der Waals surface area (Å²) in [7, 11) is -3.75. The molecule has 0 unspecified atom stereocenters. The van der Waals surface area contributed by atoms with Gasteiger partial charge in [0.1, 0.15) is 10.7 Å². The highest BCUT2D eigenvalue weighted by Crippen LogP contribution is 2.25. The van der Waals surface area contributed by atoms with Crippen LogP contribution in [-0.2, 0) is 10.0 Å². The largest absolute Gasteiger partial charge is 0.369 e. The van der Waals surface area contributed by atoms with Crippen LogP contribution >= 0.6 is 15.9 Å². The Bertz CT molecular complexity index is 750. The topological polar surface area (TPSA) is 84.0 Å². The van der Waals surface area contributed by atoms with Crippen molar-refractivity contribution in [3.05, 3.63) is 40.8 Å². The zero-order chi connectivity index (χ0) is 15.5. The third-order valence-corrected chi connectivity index (χ3v) is 4.41. The van der Waals surface area contributed by atoms with Gasteiger partial charge in [0, 0.05) is 23.4 Å². The van der Waals surface area contributed by atoms with Crippen LogP contribution in [0.4, 0.5) is 11.5 Å². The first-order valence-electron chi connectivity index (χ1n) is 6.26. The van der Waals surface area contributed by atoms with E-state index in [0.29, 0.717) is 22.5 Å².